The molecule has 1 aliphatic rings. The number of aromatic nitrogens is 2. The van der Waals surface area contributed by atoms with Crippen molar-refractivity contribution in [2.75, 3.05) is 6.54 Å². The summed E-state index contributed by atoms with van der Waals surface area (Å²) >= 11 is 1.01. The Morgan fingerprint density at radius 1 is 1.26 bits per heavy atom. The maximum Gasteiger partial charge on any atom is 0.345 e. The molecule has 3 rings (SSSR count). The van der Waals surface area contributed by atoms with Crippen LogP contribution in [0.3, 0.4) is 0 Å². The lowest BCUT2D eigenvalue weighted by atomic mass is 10.3. The summed E-state index contributed by atoms with van der Waals surface area (Å²) in [5, 5.41) is 8.86. The molecule has 0 saturated heterocycles. The molecule has 2 aromatic heterocycles. The largest absolute Gasteiger partial charge is 0.477 e. The summed E-state index contributed by atoms with van der Waals surface area (Å²) in [6.45, 7) is 1.80. The van der Waals surface area contributed by atoms with Gasteiger partial charge < -0.3 is 14.6 Å². The molecule has 1 aliphatic heterocycles. The molecule has 1 amide bonds. The van der Waals surface area contributed by atoms with Gasteiger partial charge in [-0.25, -0.2) is 9.78 Å². The first-order chi connectivity index (χ1) is 9.15. The van der Waals surface area contributed by atoms with Crippen LogP contribution in [0.25, 0.3) is 0 Å². The number of carboxylic acid groups (broad SMARTS) is 1. The highest BCUT2D eigenvalue weighted by atomic mass is 32.1. The molecule has 3 heterocycles. The Bertz CT molecular complexity index is 646. The molecule has 6 nitrogen and oxygen atoms in total. The van der Waals surface area contributed by atoms with Gasteiger partial charge in [0, 0.05) is 25.5 Å². The van der Waals surface area contributed by atoms with E-state index in [9.17, 15) is 9.59 Å². The molecule has 0 fully saturated rings. The average molecular weight is 277 g/mol. The molecule has 0 atom stereocenters. The van der Waals surface area contributed by atoms with E-state index in [2.05, 4.69) is 4.98 Å². The van der Waals surface area contributed by atoms with Crippen LogP contribution in [0, 0.1) is 0 Å². The van der Waals surface area contributed by atoms with Crippen molar-refractivity contribution in [3.05, 3.63) is 40.1 Å². The standard InChI is InChI=1S/C12H11N3O3S/c16-11(8-1-2-9(19-8)12(17)18)15-6-5-14-4-3-13-10(14)7-15/h1-4H,5-7H2,(H,17,18). The number of hydrogen-bond acceptors (Lipinski definition) is 4. The van der Waals surface area contributed by atoms with Gasteiger partial charge in [0.25, 0.3) is 5.91 Å². The molecule has 0 saturated carbocycles. The minimum absolute atomic E-state index is 0.133. The van der Waals surface area contributed by atoms with Crippen LogP contribution in [0.4, 0.5) is 0 Å². The quantitative estimate of drug-likeness (QED) is 0.897. The molecule has 1 N–H and O–H groups in total. The first-order valence-corrected chi connectivity index (χ1v) is 6.59. The number of nitrogens with zero attached hydrogens (tertiary/aromatic N) is 3. The van der Waals surface area contributed by atoms with Gasteiger partial charge in [0.05, 0.1) is 11.4 Å². The zero-order valence-corrected chi connectivity index (χ0v) is 10.8. The Hall–Kier alpha value is -2.15. The van der Waals surface area contributed by atoms with Crippen LogP contribution in [0.15, 0.2) is 24.5 Å². The predicted octanol–water partition coefficient (Wildman–Crippen LogP) is 1.30. The van der Waals surface area contributed by atoms with Crippen molar-refractivity contribution in [3.63, 3.8) is 0 Å². The maximum atomic E-state index is 12.3. The lowest BCUT2D eigenvalue weighted by Crippen LogP contribution is -2.37. The van der Waals surface area contributed by atoms with E-state index in [1.807, 2.05) is 10.8 Å². The van der Waals surface area contributed by atoms with Crippen LogP contribution >= 0.6 is 11.3 Å². The summed E-state index contributed by atoms with van der Waals surface area (Å²) in [4.78, 5) is 29.6. The number of carbonyl (C=O) groups excluding carboxylic acids is 1. The third-order valence-electron chi connectivity index (χ3n) is 3.06. The lowest BCUT2D eigenvalue weighted by molar-refractivity contribution is 0.0699. The van der Waals surface area contributed by atoms with Crippen molar-refractivity contribution in [1.29, 1.82) is 0 Å². The summed E-state index contributed by atoms with van der Waals surface area (Å²) in [5.74, 6) is -0.278. The normalized spacial score (nSPS) is 14.2. The van der Waals surface area contributed by atoms with Crippen LogP contribution in [-0.4, -0.2) is 38.0 Å². The molecule has 0 radical (unpaired) electrons. The average Bonchev–Trinajstić information content (AvgIpc) is 3.06. The monoisotopic (exact) mass is 277 g/mol. The van der Waals surface area contributed by atoms with Crippen LogP contribution in [0.5, 0.6) is 0 Å². The third kappa shape index (κ3) is 2.12. The second-order valence-electron chi connectivity index (χ2n) is 4.23. The highest BCUT2D eigenvalue weighted by molar-refractivity contribution is 7.15. The molecular formula is C12H11N3O3S. The predicted molar refractivity (Wildman–Crippen MR) is 68.2 cm³/mol. The molecule has 98 valence electrons. The van der Waals surface area contributed by atoms with Crippen molar-refractivity contribution in [2.24, 2.45) is 0 Å². The number of hydrogen-bond donors (Lipinski definition) is 1. The number of imidazole rings is 1. The van der Waals surface area contributed by atoms with Crippen LogP contribution in [0.2, 0.25) is 0 Å². The number of carboxylic acids is 1. The van der Waals surface area contributed by atoms with E-state index in [1.54, 1.807) is 17.2 Å². The van der Waals surface area contributed by atoms with Crippen LogP contribution in [0.1, 0.15) is 25.2 Å². The minimum Gasteiger partial charge on any atom is -0.477 e. The lowest BCUT2D eigenvalue weighted by Gasteiger charge is -2.27. The van der Waals surface area contributed by atoms with E-state index < -0.39 is 5.97 Å². The Morgan fingerprint density at radius 2 is 2.05 bits per heavy atom. The highest BCUT2D eigenvalue weighted by Gasteiger charge is 2.23. The highest BCUT2D eigenvalue weighted by Crippen LogP contribution is 2.20. The SMILES string of the molecule is O=C(O)c1ccc(C(=O)N2CCn3ccnc3C2)s1. The van der Waals surface area contributed by atoms with Gasteiger partial charge in [0.1, 0.15) is 10.7 Å². The third-order valence-corrected chi connectivity index (χ3v) is 4.12. The first kappa shape index (κ1) is 11.9. The van der Waals surface area contributed by atoms with Crippen molar-refractivity contribution >= 4 is 23.2 Å². The fourth-order valence-electron chi connectivity index (χ4n) is 2.07. The molecule has 7 heteroatoms. The summed E-state index contributed by atoms with van der Waals surface area (Å²) in [5.41, 5.74) is 0. The van der Waals surface area contributed by atoms with Gasteiger partial charge in [-0.1, -0.05) is 0 Å². The van der Waals surface area contributed by atoms with Gasteiger partial charge in [-0.2, -0.15) is 0 Å². The van der Waals surface area contributed by atoms with Crippen molar-refractivity contribution in [1.82, 2.24) is 14.5 Å². The first-order valence-electron chi connectivity index (χ1n) is 5.77. The molecular weight excluding hydrogens is 266 g/mol. The Kier molecular flexibility index (Phi) is 2.83. The fourth-order valence-corrected chi connectivity index (χ4v) is 2.88. The maximum absolute atomic E-state index is 12.3. The Balaban J connectivity index is 1.79. The smallest absolute Gasteiger partial charge is 0.345 e. The molecule has 19 heavy (non-hydrogen) atoms. The summed E-state index contributed by atoms with van der Waals surface area (Å²) < 4.78 is 2.01. The summed E-state index contributed by atoms with van der Waals surface area (Å²) in [6.07, 6.45) is 3.61. The zero-order valence-electron chi connectivity index (χ0n) is 9.94. The van der Waals surface area contributed by atoms with E-state index in [-0.39, 0.29) is 10.8 Å². The molecule has 2 aromatic rings. The molecule has 0 spiro atoms. The molecule has 0 bridgehead atoms. The number of aromatic carboxylic acids is 1. The van der Waals surface area contributed by atoms with Crippen LogP contribution in [-0.2, 0) is 13.1 Å². The molecule has 0 unspecified atom stereocenters. The molecule has 0 aromatic carbocycles. The van der Waals surface area contributed by atoms with Gasteiger partial charge in [-0.3, -0.25) is 4.79 Å². The van der Waals surface area contributed by atoms with Crippen molar-refractivity contribution in [2.45, 2.75) is 13.1 Å². The number of fused-ring (bicyclic) bond motifs is 1. The van der Waals surface area contributed by atoms with Crippen molar-refractivity contribution < 1.29 is 14.7 Å². The summed E-state index contributed by atoms with van der Waals surface area (Å²) in [6, 6.07) is 3.03. The summed E-state index contributed by atoms with van der Waals surface area (Å²) in [7, 11) is 0. The topological polar surface area (TPSA) is 75.4 Å². The van der Waals surface area contributed by atoms with E-state index in [0.29, 0.717) is 18.0 Å². The minimum atomic E-state index is -1.00. The Labute approximate surface area is 112 Å². The van der Waals surface area contributed by atoms with Gasteiger partial charge in [-0.15, -0.1) is 11.3 Å². The van der Waals surface area contributed by atoms with E-state index >= 15 is 0 Å². The van der Waals surface area contributed by atoms with E-state index in [0.717, 1.165) is 23.7 Å². The van der Waals surface area contributed by atoms with Gasteiger partial charge in [0.2, 0.25) is 0 Å². The second kappa shape index (κ2) is 4.51. The van der Waals surface area contributed by atoms with E-state index in [1.165, 1.54) is 6.07 Å². The van der Waals surface area contributed by atoms with Crippen molar-refractivity contribution in [3.8, 4) is 0 Å². The van der Waals surface area contributed by atoms with Gasteiger partial charge in [-0.05, 0) is 12.1 Å². The molecule has 0 aliphatic carbocycles. The number of amides is 1. The number of carbonyl (C=O) groups is 2. The number of rotatable bonds is 2. The number of thiophene rings is 1. The zero-order chi connectivity index (χ0) is 13.4. The van der Waals surface area contributed by atoms with Gasteiger partial charge >= 0.3 is 5.97 Å². The van der Waals surface area contributed by atoms with E-state index in [4.69, 9.17) is 5.11 Å². The second-order valence-corrected chi connectivity index (χ2v) is 5.32. The van der Waals surface area contributed by atoms with Gasteiger partial charge in [0.15, 0.2) is 0 Å². The Morgan fingerprint density at radius 3 is 2.79 bits per heavy atom. The van der Waals surface area contributed by atoms with Crippen LogP contribution < -0.4 is 0 Å². The fraction of sp³-hybridized carbons (Fsp3) is 0.250.